The first-order valence-corrected chi connectivity index (χ1v) is 19.5. The van der Waals surface area contributed by atoms with E-state index in [-0.39, 0.29) is 17.1 Å². The summed E-state index contributed by atoms with van der Waals surface area (Å²) in [7, 11) is -3.00. The van der Waals surface area contributed by atoms with Crippen molar-refractivity contribution in [3.8, 4) is 45.6 Å². The van der Waals surface area contributed by atoms with Crippen LogP contribution in [0, 0.1) is 0 Å². The molecule has 4 aromatic carbocycles. The molecular formula is C40H37CuN10O2S. The van der Waals surface area contributed by atoms with Gasteiger partial charge < -0.3 is 24.8 Å². The van der Waals surface area contributed by atoms with Crippen molar-refractivity contribution in [3.63, 3.8) is 0 Å². The van der Waals surface area contributed by atoms with Gasteiger partial charge in [0.1, 0.15) is 11.3 Å². The zero-order valence-electron chi connectivity index (χ0n) is 29.9. The van der Waals surface area contributed by atoms with E-state index in [0.29, 0.717) is 52.4 Å². The molecule has 8 bridgehead atoms. The molecule has 3 aromatic heterocycles. The number of rotatable bonds is 7. The second kappa shape index (κ2) is 15.5. The molecule has 9 rings (SSSR count). The molecule has 12 nitrogen and oxygen atoms in total. The average molecular weight is 785 g/mol. The van der Waals surface area contributed by atoms with Crippen molar-refractivity contribution >= 4 is 54.2 Å². The van der Waals surface area contributed by atoms with Crippen molar-refractivity contribution in [2.45, 2.75) is 20.3 Å². The normalized spacial score (nSPS) is 11.9. The van der Waals surface area contributed by atoms with Crippen LogP contribution in [0.2, 0.25) is 0 Å². The van der Waals surface area contributed by atoms with Crippen LogP contribution in [0.3, 0.4) is 0 Å². The second-order valence-corrected chi connectivity index (χ2v) is 14.6. The zero-order valence-corrected chi connectivity index (χ0v) is 31.6. The number of hydrogen-bond donors (Lipinski definition) is 2. The summed E-state index contributed by atoms with van der Waals surface area (Å²) in [4.78, 5) is 40.3. The first-order chi connectivity index (χ1) is 25.8. The van der Waals surface area contributed by atoms with Gasteiger partial charge in [-0.3, -0.25) is 0 Å². The number of aromatic amines is 1. The molecule has 5 heterocycles. The molecule has 14 heteroatoms. The van der Waals surface area contributed by atoms with Gasteiger partial charge in [-0.05, 0) is 36.8 Å². The molecule has 0 radical (unpaired) electrons. The van der Waals surface area contributed by atoms with Crippen molar-refractivity contribution in [3.05, 3.63) is 97.1 Å². The van der Waals surface area contributed by atoms with E-state index < -0.39 is 10.0 Å². The summed E-state index contributed by atoms with van der Waals surface area (Å²) in [5, 5.41) is 3.70. The zero-order chi connectivity index (χ0) is 36.5. The largest absolute Gasteiger partial charge is 1.00 e. The molecule has 0 saturated heterocycles. The average Bonchev–Trinajstić information content (AvgIpc) is 3.91. The van der Waals surface area contributed by atoms with Crippen LogP contribution in [0.1, 0.15) is 20.3 Å². The fourth-order valence-electron chi connectivity index (χ4n) is 6.62. The van der Waals surface area contributed by atoms with Crippen molar-refractivity contribution in [1.29, 1.82) is 0 Å². The predicted octanol–water partition coefficient (Wildman–Crippen LogP) is 6.76. The van der Waals surface area contributed by atoms with Gasteiger partial charge in [-0.15, -0.1) is 0 Å². The Labute approximate surface area is 323 Å². The van der Waals surface area contributed by atoms with Gasteiger partial charge in [0.15, 0.2) is 11.6 Å². The fourth-order valence-corrected chi connectivity index (χ4v) is 7.14. The van der Waals surface area contributed by atoms with Crippen molar-refractivity contribution < 1.29 is 25.5 Å². The van der Waals surface area contributed by atoms with Gasteiger partial charge >= 0.3 is 17.1 Å². The molecule has 0 fully saturated rings. The number of H-pyrrole nitrogens is 1. The SMILES string of the molecule is CCN(CC)CCCNS(C)(=O)=O.[Cu+].c1ccc2c(c1)-c1nc-2nc2[nH]c(nc3nc(nc4[n-]c(n1)c1ccccc41)-c1ccccc1-3)c1ccccc21. The molecule has 0 aliphatic carbocycles. The third-order valence-corrected chi connectivity index (χ3v) is 10.0. The second-order valence-electron chi connectivity index (χ2n) is 12.8. The van der Waals surface area contributed by atoms with E-state index in [1.807, 2.05) is 97.1 Å². The van der Waals surface area contributed by atoms with E-state index in [2.05, 4.69) is 28.5 Å². The molecule has 0 saturated carbocycles. The van der Waals surface area contributed by atoms with Crippen LogP contribution in [0.25, 0.3) is 89.7 Å². The van der Waals surface area contributed by atoms with Crippen LogP contribution in [0.5, 0.6) is 0 Å². The molecule has 2 aliphatic heterocycles. The Morgan fingerprint density at radius 1 is 0.593 bits per heavy atom. The number of hydrogen-bond acceptors (Lipinski definition) is 9. The molecule has 0 atom stereocenters. The topological polar surface area (TPSA) is 157 Å². The van der Waals surface area contributed by atoms with E-state index in [9.17, 15) is 8.42 Å². The van der Waals surface area contributed by atoms with Crippen LogP contribution in [0.4, 0.5) is 0 Å². The van der Waals surface area contributed by atoms with Crippen LogP contribution in [-0.4, -0.2) is 80.6 Å². The molecule has 2 aliphatic rings. The maximum atomic E-state index is 10.7. The van der Waals surface area contributed by atoms with Gasteiger partial charge in [-0.25, -0.2) is 33.1 Å². The van der Waals surface area contributed by atoms with Gasteiger partial charge in [-0.1, -0.05) is 111 Å². The van der Waals surface area contributed by atoms with E-state index in [1.54, 1.807) is 0 Å². The summed E-state index contributed by atoms with van der Waals surface area (Å²) >= 11 is 0. The maximum absolute atomic E-state index is 10.7. The summed E-state index contributed by atoms with van der Waals surface area (Å²) in [5.74, 6) is 2.30. The first-order valence-electron chi connectivity index (χ1n) is 17.6. The maximum Gasteiger partial charge on any atom is 1.00 e. The molecule has 276 valence electrons. The summed E-state index contributed by atoms with van der Waals surface area (Å²) in [6, 6.07) is 32.0. The molecular weight excluding hydrogens is 748 g/mol. The van der Waals surface area contributed by atoms with E-state index >= 15 is 0 Å². The van der Waals surface area contributed by atoms with Gasteiger partial charge in [0, 0.05) is 50.9 Å². The molecule has 2 N–H and O–H groups in total. The smallest absolute Gasteiger partial charge is 0.357 e. The van der Waals surface area contributed by atoms with Crippen LogP contribution in [-0.2, 0) is 27.1 Å². The molecule has 0 amide bonds. The summed E-state index contributed by atoms with van der Waals surface area (Å²) in [5.41, 5.74) is 6.11. The molecule has 54 heavy (non-hydrogen) atoms. The minimum absolute atomic E-state index is 0. The molecule has 0 spiro atoms. The van der Waals surface area contributed by atoms with Gasteiger partial charge in [0.2, 0.25) is 10.0 Å². The van der Waals surface area contributed by atoms with Gasteiger partial charge in [-0.2, -0.15) is 0 Å². The quantitative estimate of drug-likeness (QED) is 0.131. The number of sulfonamides is 1. The van der Waals surface area contributed by atoms with Crippen LogP contribution in [0.15, 0.2) is 97.1 Å². The van der Waals surface area contributed by atoms with Crippen molar-refractivity contribution in [2.75, 3.05) is 32.4 Å². The number of fused-ring (bicyclic) bond motifs is 20. The van der Waals surface area contributed by atoms with Crippen molar-refractivity contribution in [1.82, 2.24) is 49.5 Å². The summed E-state index contributed by atoms with van der Waals surface area (Å²) in [6.45, 7) is 7.75. The Morgan fingerprint density at radius 2 is 0.981 bits per heavy atom. The van der Waals surface area contributed by atoms with Crippen molar-refractivity contribution in [2.24, 2.45) is 0 Å². The molecule has 7 aromatic rings. The Bertz CT molecular complexity index is 2460. The number of benzene rings is 4. The van der Waals surface area contributed by atoms with Crippen LogP contribution < -0.4 is 9.71 Å². The Morgan fingerprint density at radius 3 is 1.39 bits per heavy atom. The number of aromatic nitrogens is 8. The van der Waals surface area contributed by atoms with E-state index in [0.717, 1.165) is 69.9 Å². The van der Waals surface area contributed by atoms with Gasteiger partial charge in [0.05, 0.1) is 17.9 Å². The monoisotopic (exact) mass is 784 g/mol. The third kappa shape index (κ3) is 7.39. The minimum Gasteiger partial charge on any atom is -0.357 e. The Hall–Kier alpha value is -5.37. The number of nitrogens with one attached hydrogen (secondary N) is 2. The fraction of sp³-hybridized carbons (Fsp3) is 0.200. The third-order valence-electron chi connectivity index (χ3n) is 9.30. The number of nitrogens with zero attached hydrogens (tertiary/aromatic N) is 8. The van der Waals surface area contributed by atoms with E-state index in [4.69, 9.17) is 34.9 Å². The Balaban J connectivity index is 0.000000279. The van der Waals surface area contributed by atoms with Crippen LogP contribution >= 0.6 is 0 Å². The molecule has 0 unspecified atom stereocenters. The minimum atomic E-state index is -3.00. The first kappa shape index (κ1) is 37.0. The van der Waals surface area contributed by atoms with E-state index in [1.165, 1.54) is 6.26 Å². The van der Waals surface area contributed by atoms with Gasteiger partial charge in [0.25, 0.3) is 0 Å². The summed E-state index contributed by atoms with van der Waals surface area (Å²) in [6.07, 6.45) is 2.05. The Kier molecular flexibility index (Phi) is 10.6. The predicted molar refractivity (Wildman–Crippen MR) is 210 cm³/mol. The standard InChI is InChI=1S/C32H17N8.C8H20N2O2S.Cu/c1-2-10-18-17(9-1)25-33-26(18)38-28-21-13-5-6-14-22(21)30(35-28)40-32-24-16-8-7-15-23(24)31(36-32)39-29-20-12-4-3-11-19(20)27(34-29)37-25;1-4-10(5-2)8-6-7-9-13(3,11)12;/h1-16H,(H-,33,34,35,36,37,38,39,40);9H,4-8H2,1-3H3;/q-1;;+1. The summed E-state index contributed by atoms with van der Waals surface area (Å²) < 4.78 is 23.9.